The minimum absolute atomic E-state index is 0.713. The van der Waals surface area contributed by atoms with Crippen LogP contribution in [0.1, 0.15) is 0 Å². The number of hydrogen-bond acceptors (Lipinski definition) is 3. The van der Waals surface area contributed by atoms with Crippen molar-refractivity contribution >= 4 is 32.7 Å². The van der Waals surface area contributed by atoms with Crippen molar-refractivity contribution < 1.29 is 4.74 Å². The molecule has 19 heavy (non-hydrogen) atoms. The zero-order valence-electron chi connectivity index (χ0n) is 10.3. The molecule has 96 valence electrons. The number of benzene rings is 2. The van der Waals surface area contributed by atoms with Crippen LogP contribution < -0.4 is 10.5 Å². The first kappa shape index (κ1) is 12.0. The van der Waals surface area contributed by atoms with Gasteiger partial charge in [-0.25, -0.2) is 4.98 Å². The molecular formula is C14H12BrN3O. The Balaban J connectivity index is 2.21. The van der Waals surface area contributed by atoms with Gasteiger partial charge in [0.1, 0.15) is 12.1 Å². The number of anilines is 1. The van der Waals surface area contributed by atoms with Gasteiger partial charge < -0.3 is 10.5 Å². The number of nitrogens with zero attached hydrogens (tertiary/aromatic N) is 2. The van der Waals surface area contributed by atoms with E-state index in [9.17, 15) is 0 Å². The highest BCUT2D eigenvalue weighted by atomic mass is 79.9. The van der Waals surface area contributed by atoms with E-state index in [1.165, 1.54) is 0 Å². The number of nitrogen functional groups attached to an aromatic ring is 1. The lowest BCUT2D eigenvalue weighted by Crippen LogP contribution is -1.94. The first-order chi connectivity index (χ1) is 9.17. The number of nitrogens with two attached hydrogens (primary N) is 1. The second-order valence-electron chi connectivity index (χ2n) is 4.21. The molecule has 1 aromatic heterocycles. The van der Waals surface area contributed by atoms with Gasteiger partial charge in [-0.1, -0.05) is 15.9 Å². The Bertz CT molecular complexity index is 752. The summed E-state index contributed by atoms with van der Waals surface area (Å²) in [6.07, 6.45) is 1.78. The average Bonchev–Trinajstić information content (AvgIpc) is 2.80. The lowest BCUT2D eigenvalue weighted by atomic mass is 10.2. The van der Waals surface area contributed by atoms with Gasteiger partial charge in [0.15, 0.2) is 0 Å². The second kappa shape index (κ2) is 4.59. The molecule has 2 N–H and O–H groups in total. The second-order valence-corrected chi connectivity index (χ2v) is 5.13. The highest BCUT2D eigenvalue weighted by Gasteiger charge is 2.07. The van der Waals surface area contributed by atoms with Crippen molar-refractivity contribution in [1.29, 1.82) is 0 Å². The third-order valence-electron chi connectivity index (χ3n) is 2.94. The summed E-state index contributed by atoms with van der Waals surface area (Å²) >= 11 is 3.48. The molecule has 4 nitrogen and oxygen atoms in total. The third kappa shape index (κ3) is 2.17. The molecule has 0 fully saturated rings. The molecule has 0 atom stereocenters. The van der Waals surface area contributed by atoms with Gasteiger partial charge in [0, 0.05) is 16.2 Å². The Kier molecular flexibility index (Phi) is 2.91. The van der Waals surface area contributed by atoms with E-state index in [4.69, 9.17) is 10.5 Å². The Hall–Kier alpha value is -2.01. The smallest absolute Gasteiger partial charge is 0.122 e. The number of ether oxygens (including phenoxy) is 1. The van der Waals surface area contributed by atoms with Crippen molar-refractivity contribution in [3.63, 3.8) is 0 Å². The van der Waals surface area contributed by atoms with Crippen LogP contribution in [0.5, 0.6) is 5.75 Å². The summed E-state index contributed by atoms with van der Waals surface area (Å²) in [5, 5.41) is 0. The molecule has 5 heteroatoms. The van der Waals surface area contributed by atoms with Gasteiger partial charge in [-0.05, 0) is 30.3 Å². The Morgan fingerprint density at radius 2 is 2.05 bits per heavy atom. The molecule has 1 heterocycles. The van der Waals surface area contributed by atoms with E-state index in [0.29, 0.717) is 5.69 Å². The molecule has 0 bridgehead atoms. The quantitative estimate of drug-likeness (QED) is 0.737. The molecule has 3 aromatic rings. The maximum absolute atomic E-state index is 5.76. The first-order valence-corrected chi connectivity index (χ1v) is 6.54. The van der Waals surface area contributed by atoms with Crippen LogP contribution in [0, 0.1) is 0 Å². The molecule has 0 saturated heterocycles. The highest BCUT2D eigenvalue weighted by molar-refractivity contribution is 9.10. The van der Waals surface area contributed by atoms with Gasteiger partial charge >= 0.3 is 0 Å². The van der Waals surface area contributed by atoms with E-state index in [1.54, 1.807) is 13.4 Å². The number of halogens is 1. The molecule has 0 spiro atoms. The fraction of sp³-hybridized carbons (Fsp3) is 0.0714. The van der Waals surface area contributed by atoms with Crippen LogP contribution in [0.4, 0.5) is 5.69 Å². The van der Waals surface area contributed by atoms with Crippen molar-refractivity contribution in [2.75, 3.05) is 12.8 Å². The lowest BCUT2D eigenvalue weighted by molar-refractivity contribution is 0.414. The van der Waals surface area contributed by atoms with Crippen LogP contribution in [0.25, 0.3) is 16.7 Å². The third-order valence-corrected chi connectivity index (χ3v) is 3.40. The highest BCUT2D eigenvalue weighted by Crippen LogP contribution is 2.26. The van der Waals surface area contributed by atoms with Gasteiger partial charge in [0.25, 0.3) is 0 Å². The van der Waals surface area contributed by atoms with E-state index in [2.05, 4.69) is 20.9 Å². The van der Waals surface area contributed by atoms with Gasteiger partial charge in [-0.3, -0.25) is 4.57 Å². The van der Waals surface area contributed by atoms with Gasteiger partial charge in [-0.2, -0.15) is 0 Å². The Morgan fingerprint density at radius 1 is 1.21 bits per heavy atom. The van der Waals surface area contributed by atoms with Crippen LogP contribution >= 0.6 is 15.9 Å². The van der Waals surface area contributed by atoms with Crippen LogP contribution in [0.3, 0.4) is 0 Å². The lowest BCUT2D eigenvalue weighted by Gasteiger charge is -2.08. The van der Waals surface area contributed by atoms with Crippen molar-refractivity contribution in [2.45, 2.75) is 0 Å². The normalized spacial score (nSPS) is 10.8. The van der Waals surface area contributed by atoms with E-state index in [-0.39, 0.29) is 0 Å². The number of rotatable bonds is 2. The average molecular weight is 318 g/mol. The largest absolute Gasteiger partial charge is 0.497 e. The number of aromatic nitrogens is 2. The summed E-state index contributed by atoms with van der Waals surface area (Å²) in [6, 6.07) is 11.6. The molecule has 0 aliphatic rings. The molecule has 0 amide bonds. The molecule has 0 unspecified atom stereocenters. The Morgan fingerprint density at radius 3 is 2.84 bits per heavy atom. The standard InChI is InChI=1S/C14H12BrN3O/c1-19-12-5-9(15)4-11(7-12)18-8-17-13-6-10(16)2-3-14(13)18/h2-8H,16H2,1H3. The predicted octanol–water partition coefficient (Wildman–Crippen LogP) is 3.38. The maximum atomic E-state index is 5.76. The molecule has 0 aliphatic heterocycles. The summed E-state index contributed by atoms with van der Waals surface area (Å²) in [7, 11) is 1.65. The minimum Gasteiger partial charge on any atom is -0.497 e. The van der Waals surface area contributed by atoms with E-state index < -0.39 is 0 Å². The molecule has 0 saturated carbocycles. The molecule has 0 aliphatic carbocycles. The maximum Gasteiger partial charge on any atom is 0.122 e. The van der Waals surface area contributed by atoms with Crippen molar-refractivity contribution in [3.8, 4) is 11.4 Å². The summed E-state index contributed by atoms with van der Waals surface area (Å²) < 4.78 is 8.24. The summed E-state index contributed by atoms with van der Waals surface area (Å²) in [6.45, 7) is 0. The van der Waals surface area contributed by atoms with Crippen LogP contribution in [0.15, 0.2) is 47.2 Å². The molecule has 3 rings (SSSR count). The first-order valence-electron chi connectivity index (χ1n) is 5.75. The fourth-order valence-electron chi connectivity index (χ4n) is 2.04. The topological polar surface area (TPSA) is 53.1 Å². The van der Waals surface area contributed by atoms with Gasteiger partial charge in [-0.15, -0.1) is 0 Å². The zero-order valence-corrected chi connectivity index (χ0v) is 11.9. The van der Waals surface area contributed by atoms with E-state index >= 15 is 0 Å². The van der Waals surface area contributed by atoms with E-state index in [1.807, 2.05) is 41.0 Å². The molecule has 0 radical (unpaired) electrons. The predicted molar refractivity (Wildman–Crippen MR) is 79.7 cm³/mol. The SMILES string of the molecule is COc1cc(Br)cc(-n2cnc3cc(N)ccc32)c1. The number of fused-ring (bicyclic) bond motifs is 1. The van der Waals surface area contributed by atoms with Crippen LogP contribution in [-0.4, -0.2) is 16.7 Å². The van der Waals surface area contributed by atoms with Crippen LogP contribution in [-0.2, 0) is 0 Å². The van der Waals surface area contributed by atoms with Crippen LogP contribution in [0.2, 0.25) is 0 Å². The van der Waals surface area contributed by atoms with Gasteiger partial charge in [0.05, 0.1) is 23.8 Å². The van der Waals surface area contributed by atoms with Crippen molar-refractivity contribution in [1.82, 2.24) is 9.55 Å². The molecular weight excluding hydrogens is 306 g/mol. The minimum atomic E-state index is 0.713. The number of methoxy groups -OCH3 is 1. The van der Waals surface area contributed by atoms with E-state index in [0.717, 1.165) is 26.9 Å². The van der Waals surface area contributed by atoms with Gasteiger partial charge in [0.2, 0.25) is 0 Å². The Labute approximate surface area is 118 Å². The summed E-state index contributed by atoms with van der Waals surface area (Å²) in [5.41, 5.74) is 9.34. The molecule has 2 aromatic carbocycles. The van der Waals surface area contributed by atoms with Crippen molar-refractivity contribution in [3.05, 3.63) is 47.2 Å². The fourth-order valence-corrected chi connectivity index (χ4v) is 2.50. The number of hydrogen-bond donors (Lipinski definition) is 1. The monoisotopic (exact) mass is 317 g/mol. The number of imidazole rings is 1. The summed E-state index contributed by atoms with van der Waals surface area (Å²) in [4.78, 5) is 4.37. The summed E-state index contributed by atoms with van der Waals surface area (Å²) in [5.74, 6) is 0.793. The van der Waals surface area contributed by atoms with Crippen molar-refractivity contribution in [2.24, 2.45) is 0 Å². The zero-order chi connectivity index (χ0) is 13.4.